The summed E-state index contributed by atoms with van der Waals surface area (Å²) >= 11 is 0. The normalized spacial score (nSPS) is 12.2. The lowest BCUT2D eigenvalue weighted by molar-refractivity contribution is -0.685. The Hall–Kier alpha value is -2.35. The molecule has 172 valence electrons. The maximum Gasteiger partial charge on any atom is 0.260 e. The molecule has 3 rings (SSSR count). The van der Waals surface area contributed by atoms with Crippen molar-refractivity contribution in [1.29, 1.82) is 0 Å². The Balaban J connectivity index is 1.65. The molecular weight excluding hydrogens is 388 g/mol. The van der Waals surface area contributed by atoms with Crippen molar-refractivity contribution in [2.45, 2.75) is 90.5 Å². The molecule has 2 heteroatoms. The van der Waals surface area contributed by atoms with Gasteiger partial charge in [-0.25, -0.2) is 9.13 Å². The van der Waals surface area contributed by atoms with Crippen molar-refractivity contribution in [3.8, 4) is 0 Å². The van der Waals surface area contributed by atoms with Crippen LogP contribution in [0.1, 0.15) is 93.8 Å². The number of rotatable bonds is 14. The second-order valence-corrected chi connectivity index (χ2v) is 9.44. The molecule has 0 fully saturated rings. The molecule has 32 heavy (non-hydrogen) atoms. The Morgan fingerprint density at radius 1 is 0.781 bits per heavy atom. The second kappa shape index (κ2) is 13.3. The van der Waals surface area contributed by atoms with Crippen LogP contribution in [0.15, 0.2) is 66.9 Å². The zero-order chi connectivity index (χ0) is 22.6. The Labute approximate surface area is 196 Å². The van der Waals surface area contributed by atoms with Crippen LogP contribution < -0.4 is 4.57 Å². The highest BCUT2D eigenvalue weighted by molar-refractivity contribution is 5.21. The first-order valence-electron chi connectivity index (χ1n) is 12.8. The first-order valence-corrected chi connectivity index (χ1v) is 12.8. The smallest absolute Gasteiger partial charge is 0.234 e. The van der Waals surface area contributed by atoms with Crippen LogP contribution in [-0.2, 0) is 26.4 Å². The average molecular weight is 432 g/mol. The molecule has 1 aromatic heterocycles. The number of nitrogens with zero attached hydrogens (tertiary/aromatic N) is 2. The maximum absolute atomic E-state index is 2.54. The summed E-state index contributed by atoms with van der Waals surface area (Å²) in [5.74, 6) is 1.94. The number of benzene rings is 2. The number of unbranched alkanes of at least 4 members (excludes halogenated alkanes) is 7. The van der Waals surface area contributed by atoms with Gasteiger partial charge in [0.25, 0.3) is 5.82 Å². The highest BCUT2D eigenvalue weighted by atomic mass is 15.1. The molecule has 0 aliphatic rings. The lowest BCUT2D eigenvalue weighted by Crippen LogP contribution is -2.37. The fraction of sp³-hybridized carbons (Fsp3) is 0.500. The van der Waals surface area contributed by atoms with Gasteiger partial charge in [0.05, 0.1) is 20.0 Å². The lowest BCUT2D eigenvalue weighted by Gasteiger charge is -2.10. The van der Waals surface area contributed by atoms with Gasteiger partial charge in [-0.1, -0.05) is 113 Å². The van der Waals surface area contributed by atoms with Crippen molar-refractivity contribution in [2.75, 3.05) is 0 Å². The average Bonchev–Trinajstić information content (AvgIpc) is 3.11. The number of aromatic nitrogens is 2. The summed E-state index contributed by atoms with van der Waals surface area (Å²) in [4.78, 5) is 0. The molecule has 0 saturated heterocycles. The Kier molecular flexibility index (Phi) is 10.1. The van der Waals surface area contributed by atoms with Gasteiger partial charge in [-0.05, 0) is 29.9 Å². The molecule has 0 spiro atoms. The topological polar surface area (TPSA) is 8.81 Å². The monoisotopic (exact) mass is 431 g/mol. The summed E-state index contributed by atoms with van der Waals surface area (Å²) in [6.45, 7) is 5.77. The van der Waals surface area contributed by atoms with Crippen molar-refractivity contribution < 1.29 is 4.57 Å². The van der Waals surface area contributed by atoms with Crippen molar-refractivity contribution in [3.63, 3.8) is 0 Å². The Morgan fingerprint density at radius 3 is 2.03 bits per heavy atom. The summed E-state index contributed by atoms with van der Waals surface area (Å²) in [5.41, 5.74) is 4.25. The van der Waals surface area contributed by atoms with Crippen LogP contribution in [0.2, 0.25) is 0 Å². The van der Waals surface area contributed by atoms with E-state index >= 15 is 0 Å². The summed E-state index contributed by atoms with van der Waals surface area (Å²) < 4.78 is 4.99. The first-order chi connectivity index (χ1) is 15.7. The van der Waals surface area contributed by atoms with Gasteiger partial charge in [-0.15, -0.1) is 0 Å². The van der Waals surface area contributed by atoms with Crippen LogP contribution in [-0.4, -0.2) is 4.57 Å². The minimum atomic E-state index is 0.519. The second-order valence-electron chi connectivity index (χ2n) is 9.44. The highest BCUT2D eigenvalue weighted by Gasteiger charge is 2.22. The molecule has 1 unspecified atom stereocenters. The largest absolute Gasteiger partial charge is 0.260 e. The number of hydrogen-bond acceptors (Lipinski definition) is 0. The Morgan fingerprint density at radius 2 is 1.38 bits per heavy atom. The van der Waals surface area contributed by atoms with Gasteiger partial charge in [0.2, 0.25) is 0 Å². The summed E-state index contributed by atoms with van der Waals surface area (Å²) in [7, 11) is 2.26. The van der Waals surface area contributed by atoms with E-state index in [9.17, 15) is 0 Å². The third-order valence-corrected chi connectivity index (χ3v) is 6.80. The fourth-order valence-corrected chi connectivity index (χ4v) is 4.71. The van der Waals surface area contributed by atoms with E-state index in [4.69, 9.17) is 0 Å². The van der Waals surface area contributed by atoms with Crippen LogP contribution in [0.4, 0.5) is 0 Å². The minimum absolute atomic E-state index is 0.519. The molecule has 2 nitrogen and oxygen atoms in total. The molecular formula is C30H43N2+. The number of hydrogen-bond donors (Lipinski definition) is 0. The van der Waals surface area contributed by atoms with E-state index in [1.165, 1.54) is 74.0 Å². The molecule has 0 aliphatic carbocycles. The van der Waals surface area contributed by atoms with Gasteiger partial charge in [0.15, 0.2) is 0 Å². The molecule has 2 aromatic carbocycles. The SMILES string of the molecule is CCCCCCCCCCn1cc(CC(C)c2ccccc2)[n+](C)c1Cc1ccccc1. The van der Waals surface area contributed by atoms with Gasteiger partial charge in [0.1, 0.15) is 11.9 Å². The zero-order valence-corrected chi connectivity index (χ0v) is 20.6. The van der Waals surface area contributed by atoms with Crippen molar-refractivity contribution in [1.82, 2.24) is 4.57 Å². The van der Waals surface area contributed by atoms with E-state index < -0.39 is 0 Å². The number of aryl methyl sites for hydroxylation is 1. The van der Waals surface area contributed by atoms with Gasteiger partial charge in [0, 0.05) is 6.42 Å². The van der Waals surface area contributed by atoms with E-state index in [1.807, 2.05) is 0 Å². The predicted molar refractivity (Wildman–Crippen MR) is 136 cm³/mol. The van der Waals surface area contributed by atoms with E-state index in [0.29, 0.717) is 5.92 Å². The summed E-state index contributed by atoms with van der Waals surface area (Å²) in [5, 5.41) is 0. The molecule has 1 heterocycles. The van der Waals surface area contributed by atoms with Crippen LogP contribution in [0.3, 0.4) is 0 Å². The first kappa shape index (κ1) is 24.3. The van der Waals surface area contributed by atoms with E-state index in [0.717, 1.165) is 19.4 Å². The molecule has 0 saturated carbocycles. The van der Waals surface area contributed by atoms with E-state index in [1.54, 1.807) is 0 Å². The van der Waals surface area contributed by atoms with Crippen molar-refractivity contribution in [2.24, 2.45) is 7.05 Å². The van der Waals surface area contributed by atoms with Gasteiger partial charge < -0.3 is 0 Å². The van der Waals surface area contributed by atoms with E-state index in [-0.39, 0.29) is 0 Å². The van der Waals surface area contributed by atoms with Crippen molar-refractivity contribution >= 4 is 0 Å². The third-order valence-electron chi connectivity index (χ3n) is 6.80. The molecule has 1 atom stereocenters. The third kappa shape index (κ3) is 7.36. The van der Waals surface area contributed by atoms with Crippen molar-refractivity contribution in [3.05, 3.63) is 89.5 Å². The molecule has 0 radical (unpaired) electrons. The minimum Gasteiger partial charge on any atom is -0.234 e. The quantitative estimate of drug-likeness (QED) is 0.186. The predicted octanol–water partition coefficient (Wildman–Crippen LogP) is 7.39. The summed E-state index contributed by atoms with van der Waals surface area (Å²) in [6.07, 6.45) is 15.4. The molecule has 0 aliphatic heterocycles. The van der Waals surface area contributed by atoms with Gasteiger partial charge in [-0.3, -0.25) is 0 Å². The van der Waals surface area contributed by atoms with Crippen LogP contribution in [0, 0.1) is 0 Å². The van der Waals surface area contributed by atoms with Crippen LogP contribution in [0.25, 0.3) is 0 Å². The lowest BCUT2D eigenvalue weighted by atomic mass is 9.96. The van der Waals surface area contributed by atoms with Gasteiger partial charge >= 0.3 is 0 Å². The number of imidazole rings is 1. The molecule has 0 amide bonds. The highest BCUT2D eigenvalue weighted by Crippen LogP contribution is 2.20. The van der Waals surface area contributed by atoms with Crippen LogP contribution >= 0.6 is 0 Å². The standard InChI is InChI=1S/C30H43N2/c1-4-5-6-7-8-9-10-17-22-32-25-29(23-26(2)28-20-15-12-16-21-28)31(3)30(32)24-27-18-13-11-14-19-27/h11-16,18-21,25-26H,4-10,17,22-24H2,1-3H3/q+1. The molecule has 3 aromatic rings. The summed E-state index contributed by atoms with van der Waals surface area (Å²) in [6, 6.07) is 21.8. The van der Waals surface area contributed by atoms with Gasteiger partial charge in [-0.2, -0.15) is 0 Å². The zero-order valence-electron chi connectivity index (χ0n) is 20.6. The maximum atomic E-state index is 2.54. The molecule has 0 N–H and O–H groups in total. The Bertz CT molecular complexity index is 895. The van der Waals surface area contributed by atoms with E-state index in [2.05, 4.69) is 96.9 Å². The fourth-order valence-electron chi connectivity index (χ4n) is 4.71. The molecule has 0 bridgehead atoms. The van der Waals surface area contributed by atoms with Crippen LogP contribution in [0.5, 0.6) is 0 Å².